The van der Waals surface area contributed by atoms with Crippen LogP contribution < -0.4 is 5.32 Å². The van der Waals surface area contributed by atoms with Crippen molar-refractivity contribution in [2.75, 3.05) is 5.32 Å². The van der Waals surface area contributed by atoms with Crippen LogP contribution in [0.25, 0.3) is 0 Å². The summed E-state index contributed by atoms with van der Waals surface area (Å²) in [4.78, 5) is 27.1. The molecule has 0 radical (unpaired) electrons. The average Bonchev–Trinajstić information content (AvgIpc) is 2.48. The maximum atomic E-state index is 11.8. The van der Waals surface area contributed by atoms with E-state index in [1.165, 1.54) is 24.5 Å². The van der Waals surface area contributed by atoms with Crippen molar-refractivity contribution in [3.05, 3.63) is 11.1 Å². The minimum atomic E-state index is -0.417. The van der Waals surface area contributed by atoms with Crippen molar-refractivity contribution in [3.63, 3.8) is 0 Å². The molecular weight excluding hydrogens is 212 g/mol. The molecule has 1 amide bonds. The van der Waals surface area contributed by atoms with Gasteiger partial charge in [0.05, 0.1) is 11.1 Å². The molecular formula is C10H14N2O2S. The number of ketones is 1. The first kappa shape index (κ1) is 11.8. The maximum Gasteiger partial charge on any atom is 0.223 e. The summed E-state index contributed by atoms with van der Waals surface area (Å²) in [5.74, 6) is -0.143. The first-order chi connectivity index (χ1) is 6.80. The van der Waals surface area contributed by atoms with E-state index in [-0.39, 0.29) is 11.7 Å². The van der Waals surface area contributed by atoms with Gasteiger partial charge in [0.1, 0.15) is 0 Å². The molecule has 15 heavy (non-hydrogen) atoms. The SMILES string of the molecule is CC(=O)Nc1ncc(C(=O)C(C)(C)C)s1. The molecule has 0 aromatic carbocycles. The molecule has 4 nitrogen and oxygen atoms in total. The summed E-state index contributed by atoms with van der Waals surface area (Å²) < 4.78 is 0. The lowest BCUT2D eigenvalue weighted by Crippen LogP contribution is -2.18. The molecule has 0 aliphatic carbocycles. The summed E-state index contributed by atoms with van der Waals surface area (Å²) in [6.45, 7) is 6.97. The third-order valence-corrected chi connectivity index (χ3v) is 2.61. The van der Waals surface area contributed by atoms with Gasteiger partial charge in [0.15, 0.2) is 10.9 Å². The van der Waals surface area contributed by atoms with Crippen LogP contribution in [0, 0.1) is 5.41 Å². The highest BCUT2D eigenvalue weighted by Crippen LogP contribution is 2.26. The number of anilines is 1. The zero-order valence-electron chi connectivity index (χ0n) is 9.25. The second-order valence-corrected chi connectivity index (χ2v) is 5.32. The number of carbonyl (C=O) groups excluding carboxylic acids is 2. The predicted molar refractivity (Wildman–Crippen MR) is 60.2 cm³/mol. The minimum absolute atomic E-state index is 0.0385. The van der Waals surface area contributed by atoms with E-state index in [1.54, 1.807) is 0 Å². The number of aromatic nitrogens is 1. The summed E-state index contributed by atoms with van der Waals surface area (Å²) in [5.41, 5.74) is -0.417. The smallest absolute Gasteiger partial charge is 0.223 e. The van der Waals surface area contributed by atoms with E-state index in [4.69, 9.17) is 0 Å². The van der Waals surface area contributed by atoms with Crippen molar-refractivity contribution in [2.24, 2.45) is 5.41 Å². The van der Waals surface area contributed by atoms with Crippen molar-refractivity contribution >= 4 is 28.2 Å². The molecule has 0 aliphatic rings. The van der Waals surface area contributed by atoms with Gasteiger partial charge in [0, 0.05) is 12.3 Å². The van der Waals surface area contributed by atoms with E-state index in [1.807, 2.05) is 20.8 Å². The lowest BCUT2D eigenvalue weighted by Gasteiger charge is -2.14. The third-order valence-electron chi connectivity index (χ3n) is 1.69. The molecule has 0 atom stereocenters. The van der Waals surface area contributed by atoms with Gasteiger partial charge in [-0.2, -0.15) is 0 Å². The number of amides is 1. The standard InChI is InChI=1S/C10H14N2O2S/c1-6(13)12-9-11-5-7(15-9)8(14)10(2,3)4/h5H,1-4H3,(H,11,12,13). The molecule has 1 aromatic heterocycles. The van der Waals surface area contributed by atoms with Gasteiger partial charge in [-0.15, -0.1) is 0 Å². The van der Waals surface area contributed by atoms with Crippen molar-refractivity contribution in [1.82, 2.24) is 4.98 Å². The van der Waals surface area contributed by atoms with Gasteiger partial charge in [-0.1, -0.05) is 32.1 Å². The molecule has 0 unspecified atom stereocenters. The second kappa shape index (κ2) is 4.10. The minimum Gasteiger partial charge on any atom is -0.302 e. The Morgan fingerprint density at radius 3 is 2.47 bits per heavy atom. The van der Waals surface area contributed by atoms with Gasteiger partial charge in [0.25, 0.3) is 0 Å². The molecule has 0 bridgehead atoms. The fourth-order valence-electron chi connectivity index (χ4n) is 0.957. The number of Topliss-reactive ketones (excluding diaryl/α,β-unsaturated/α-hetero) is 1. The number of thiazole rings is 1. The zero-order chi connectivity index (χ0) is 11.6. The Bertz CT molecular complexity index is 390. The van der Waals surface area contributed by atoms with Crippen molar-refractivity contribution < 1.29 is 9.59 Å². The Hall–Kier alpha value is -1.23. The Kier molecular flexibility index (Phi) is 3.24. The Labute approximate surface area is 92.7 Å². The first-order valence-corrected chi connectivity index (χ1v) is 5.40. The van der Waals surface area contributed by atoms with Gasteiger partial charge in [-0.3, -0.25) is 9.59 Å². The molecule has 0 fully saturated rings. The summed E-state index contributed by atoms with van der Waals surface area (Å²) >= 11 is 1.20. The van der Waals surface area contributed by atoms with Gasteiger partial charge in [0.2, 0.25) is 5.91 Å². The highest BCUT2D eigenvalue weighted by atomic mass is 32.1. The largest absolute Gasteiger partial charge is 0.302 e. The number of nitrogens with one attached hydrogen (secondary N) is 1. The van der Waals surface area contributed by atoms with Crippen LogP contribution in [0.5, 0.6) is 0 Å². The number of nitrogens with zero attached hydrogens (tertiary/aromatic N) is 1. The topological polar surface area (TPSA) is 59.1 Å². The molecule has 1 N–H and O–H groups in total. The molecule has 5 heteroatoms. The van der Waals surface area contributed by atoms with E-state index >= 15 is 0 Å². The van der Waals surface area contributed by atoms with E-state index in [0.29, 0.717) is 10.0 Å². The summed E-state index contributed by atoms with van der Waals surface area (Å²) in [6, 6.07) is 0. The van der Waals surface area contributed by atoms with Crippen LogP contribution in [0.15, 0.2) is 6.20 Å². The number of rotatable bonds is 2. The van der Waals surface area contributed by atoms with Crippen LogP contribution in [-0.2, 0) is 4.79 Å². The monoisotopic (exact) mass is 226 g/mol. The van der Waals surface area contributed by atoms with Crippen LogP contribution in [0.4, 0.5) is 5.13 Å². The van der Waals surface area contributed by atoms with Crippen LogP contribution in [-0.4, -0.2) is 16.7 Å². The van der Waals surface area contributed by atoms with E-state index < -0.39 is 5.41 Å². The van der Waals surface area contributed by atoms with Crippen LogP contribution in [0.1, 0.15) is 37.4 Å². The maximum absolute atomic E-state index is 11.8. The van der Waals surface area contributed by atoms with Crippen LogP contribution in [0.2, 0.25) is 0 Å². The average molecular weight is 226 g/mol. The predicted octanol–water partition coefficient (Wildman–Crippen LogP) is 2.33. The quantitative estimate of drug-likeness (QED) is 0.787. The van der Waals surface area contributed by atoms with Gasteiger partial charge >= 0.3 is 0 Å². The third kappa shape index (κ3) is 3.13. The molecule has 0 spiro atoms. The van der Waals surface area contributed by atoms with Gasteiger partial charge in [-0.25, -0.2) is 4.98 Å². The van der Waals surface area contributed by atoms with Crippen LogP contribution in [0.3, 0.4) is 0 Å². The molecule has 0 saturated carbocycles. The molecule has 82 valence electrons. The Morgan fingerprint density at radius 1 is 1.40 bits per heavy atom. The lowest BCUT2D eigenvalue weighted by molar-refractivity contribution is -0.114. The van der Waals surface area contributed by atoms with E-state index in [9.17, 15) is 9.59 Å². The summed E-state index contributed by atoms with van der Waals surface area (Å²) in [6.07, 6.45) is 1.50. The molecule has 1 rings (SSSR count). The van der Waals surface area contributed by atoms with Gasteiger partial charge < -0.3 is 5.32 Å². The molecule has 0 saturated heterocycles. The number of carbonyl (C=O) groups is 2. The first-order valence-electron chi connectivity index (χ1n) is 4.59. The highest BCUT2D eigenvalue weighted by molar-refractivity contribution is 7.17. The van der Waals surface area contributed by atoms with Crippen LogP contribution >= 0.6 is 11.3 Å². The molecule has 0 aliphatic heterocycles. The number of hydrogen-bond acceptors (Lipinski definition) is 4. The van der Waals surface area contributed by atoms with Gasteiger partial charge in [-0.05, 0) is 0 Å². The summed E-state index contributed by atoms with van der Waals surface area (Å²) in [7, 11) is 0. The van der Waals surface area contributed by atoms with Crippen molar-refractivity contribution in [1.29, 1.82) is 0 Å². The van der Waals surface area contributed by atoms with E-state index in [0.717, 1.165) is 0 Å². The number of hydrogen-bond donors (Lipinski definition) is 1. The molecule has 1 aromatic rings. The van der Waals surface area contributed by atoms with Crippen molar-refractivity contribution in [2.45, 2.75) is 27.7 Å². The highest BCUT2D eigenvalue weighted by Gasteiger charge is 2.24. The zero-order valence-corrected chi connectivity index (χ0v) is 10.1. The molecule has 1 heterocycles. The fraction of sp³-hybridized carbons (Fsp3) is 0.500. The normalized spacial score (nSPS) is 11.2. The Balaban J connectivity index is 2.85. The van der Waals surface area contributed by atoms with E-state index in [2.05, 4.69) is 10.3 Å². The Morgan fingerprint density at radius 2 is 2.00 bits per heavy atom. The fourth-order valence-corrected chi connectivity index (χ4v) is 1.97. The second-order valence-electron chi connectivity index (χ2n) is 4.29. The summed E-state index contributed by atoms with van der Waals surface area (Å²) in [5, 5.41) is 3.02. The van der Waals surface area contributed by atoms with Crippen molar-refractivity contribution in [3.8, 4) is 0 Å². The lowest BCUT2D eigenvalue weighted by atomic mass is 9.90.